The van der Waals surface area contributed by atoms with E-state index in [1.165, 1.54) is 20.3 Å². The first-order chi connectivity index (χ1) is 9.10. The third-order valence-electron chi connectivity index (χ3n) is 3.23. The molecule has 0 aliphatic carbocycles. The Kier molecular flexibility index (Phi) is 3.75. The van der Waals surface area contributed by atoms with Gasteiger partial charge in [-0.1, -0.05) is 0 Å². The van der Waals surface area contributed by atoms with Crippen molar-refractivity contribution in [3.8, 4) is 11.5 Å². The Hall–Kier alpha value is -2.02. The lowest BCUT2D eigenvalue weighted by Crippen LogP contribution is -2.48. The molecule has 0 amide bonds. The molecule has 104 valence electrons. The van der Waals surface area contributed by atoms with E-state index in [2.05, 4.69) is 0 Å². The molecule has 19 heavy (non-hydrogen) atoms. The van der Waals surface area contributed by atoms with Crippen LogP contribution in [-0.4, -0.2) is 43.9 Å². The largest absolute Gasteiger partial charge is 0.493 e. The van der Waals surface area contributed by atoms with Crippen LogP contribution in [0.15, 0.2) is 12.1 Å². The molecule has 1 aromatic rings. The molecule has 0 atom stereocenters. The molecule has 2 rings (SSSR count). The topological polar surface area (TPSA) is 85.1 Å². The Morgan fingerprint density at radius 3 is 2.42 bits per heavy atom. The lowest BCUT2D eigenvalue weighted by molar-refractivity contribution is -0.384. The fourth-order valence-electron chi connectivity index (χ4n) is 2.14. The zero-order chi connectivity index (χ0) is 14.0. The van der Waals surface area contributed by atoms with Gasteiger partial charge < -0.3 is 19.5 Å². The molecule has 1 aliphatic heterocycles. The average Bonchev–Trinajstić information content (AvgIpc) is 2.36. The van der Waals surface area contributed by atoms with Crippen molar-refractivity contribution in [1.82, 2.24) is 0 Å². The first-order valence-electron chi connectivity index (χ1n) is 5.87. The molecule has 1 heterocycles. The Balaban J connectivity index is 2.38. The zero-order valence-electron chi connectivity index (χ0n) is 10.8. The minimum atomic E-state index is -0.441. The second-order valence-electron chi connectivity index (χ2n) is 4.41. The van der Waals surface area contributed by atoms with E-state index < -0.39 is 4.92 Å². The number of benzene rings is 1. The molecule has 7 heteroatoms. The maximum atomic E-state index is 11.1. The van der Waals surface area contributed by atoms with E-state index in [4.69, 9.17) is 14.6 Å². The van der Waals surface area contributed by atoms with Crippen LogP contribution >= 0.6 is 0 Å². The van der Waals surface area contributed by atoms with Crippen molar-refractivity contribution < 1.29 is 19.5 Å². The van der Waals surface area contributed by atoms with Crippen molar-refractivity contribution in [2.45, 2.75) is 0 Å². The summed E-state index contributed by atoms with van der Waals surface area (Å²) in [7, 11) is 2.92. The standard InChI is InChI=1S/C12H16N2O5/c1-18-11-3-9(13-5-8(6-13)7-15)10(14(16)17)4-12(11)19-2/h3-4,8,15H,5-7H2,1-2H3. The van der Waals surface area contributed by atoms with Crippen LogP contribution in [0.3, 0.4) is 0 Å². The summed E-state index contributed by atoms with van der Waals surface area (Å²) >= 11 is 0. The van der Waals surface area contributed by atoms with Gasteiger partial charge in [0.1, 0.15) is 5.69 Å². The van der Waals surface area contributed by atoms with Gasteiger partial charge in [0.05, 0.1) is 25.2 Å². The number of hydrogen-bond acceptors (Lipinski definition) is 6. The molecular weight excluding hydrogens is 252 g/mol. The minimum Gasteiger partial charge on any atom is -0.493 e. The number of nitro benzene ring substituents is 1. The van der Waals surface area contributed by atoms with Crippen molar-refractivity contribution in [3.63, 3.8) is 0 Å². The first kappa shape index (κ1) is 13.4. The predicted octanol–water partition coefficient (Wildman–Crippen LogP) is 1.04. The summed E-state index contributed by atoms with van der Waals surface area (Å²) in [5.74, 6) is 0.959. The number of anilines is 1. The minimum absolute atomic E-state index is 0.0194. The number of rotatable bonds is 5. The van der Waals surface area contributed by atoms with Crippen LogP contribution in [-0.2, 0) is 0 Å². The summed E-state index contributed by atoms with van der Waals surface area (Å²) in [6.07, 6.45) is 0. The second-order valence-corrected chi connectivity index (χ2v) is 4.41. The van der Waals surface area contributed by atoms with Crippen LogP contribution in [0.25, 0.3) is 0 Å². The van der Waals surface area contributed by atoms with Crippen molar-refractivity contribution in [1.29, 1.82) is 0 Å². The maximum Gasteiger partial charge on any atom is 0.296 e. The highest BCUT2D eigenvalue weighted by molar-refractivity contribution is 5.70. The summed E-state index contributed by atoms with van der Waals surface area (Å²) in [4.78, 5) is 12.5. The zero-order valence-corrected chi connectivity index (χ0v) is 10.8. The van der Waals surface area contributed by atoms with Crippen molar-refractivity contribution in [3.05, 3.63) is 22.2 Å². The monoisotopic (exact) mass is 268 g/mol. The molecule has 0 radical (unpaired) electrons. The third kappa shape index (κ3) is 2.41. The Morgan fingerprint density at radius 1 is 1.37 bits per heavy atom. The van der Waals surface area contributed by atoms with Crippen LogP contribution in [0.5, 0.6) is 11.5 Å². The Labute approximate surface area is 110 Å². The highest BCUT2D eigenvalue weighted by Crippen LogP contribution is 2.41. The molecule has 0 spiro atoms. The number of nitrogens with zero attached hydrogens (tertiary/aromatic N) is 2. The first-order valence-corrected chi connectivity index (χ1v) is 5.87. The van der Waals surface area contributed by atoms with E-state index in [1.807, 2.05) is 4.90 Å². The van der Waals surface area contributed by atoms with Gasteiger partial charge in [-0.25, -0.2) is 0 Å². The number of nitro groups is 1. The number of aliphatic hydroxyl groups excluding tert-OH is 1. The van der Waals surface area contributed by atoms with E-state index in [-0.39, 0.29) is 18.2 Å². The second kappa shape index (κ2) is 5.31. The smallest absolute Gasteiger partial charge is 0.296 e. The van der Waals surface area contributed by atoms with Crippen molar-refractivity contribution >= 4 is 11.4 Å². The fraction of sp³-hybridized carbons (Fsp3) is 0.500. The van der Waals surface area contributed by atoms with Gasteiger partial charge in [-0.15, -0.1) is 0 Å². The summed E-state index contributed by atoms with van der Waals surface area (Å²) in [6.45, 7) is 1.30. The lowest BCUT2D eigenvalue weighted by Gasteiger charge is -2.39. The van der Waals surface area contributed by atoms with Gasteiger partial charge in [0, 0.05) is 31.7 Å². The molecule has 1 fully saturated rings. The number of hydrogen-bond donors (Lipinski definition) is 1. The summed E-state index contributed by atoms with van der Waals surface area (Å²) in [6, 6.07) is 2.96. The van der Waals surface area contributed by atoms with Crippen LogP contribution < -0.4 is 14.4 Å². The molecule has 1 saturated heterocycles. The molecule has 0 bridgehead atoms. The summed E-state index contributed by atoms with van der Waals surface area (Å²) in [5.41, 5.74) is 0.474. The highest BCUT2D eigenvalue weighted by atomic mass is 16.6. The number of ether oxygens (including phenoxy) is 2. The van der Waals surface area contributed by atoms with Gasteiger partial charge in [0.2, 0.25) is 0 Å². The highest BCUT2D eigenvalue weighted by Gasteiger charge is 2.32. The van der Waals surface area contributed by atoms with E-state index in [9.17, 15) is 10.1 Å². The molecule has 0 aromatic heterocycles. The SMILES string of the molecule is COc1cc(N2CC(CO)C2)c([N+](=O)[O-])cc1OC. The average molecular weight is 268 g/mol. The van der Waals surface area contributed by atoms with Gasteiger partial charge in [0.15, 0.2) is 11.5 Å². The van der Waals surface area contributed by atoms with Crippen LogP contribution in [0, 0.1) is 16.0 Å². The van der Waals surface area contributed by atoms with Gasteiger partial charge in [-0.3, -0.25) is 10.1 Å². The third-order valence-corrected chi connectivity index (χ3v) is 3.23. The quantitative estimate of drug-likeness (QED) is 0.634. The van der Waals surface area contributed by atoms with Crippen LogP contribution in [0.1, 0.15) is 0 Å². The molecular formula is C12H16N2O5. The summed E-state index contributed by atoms with van der Waals surface area (Å²) < 4.78 is 10.2. The van der Waals surface area contributed by atoms with E-state index in [1.54, 1.807) is 6.07 Å². The molecule has 1 aliphatic rings. The van der Waals surface area contributed by atoms with E-state index in [0.717, 1.165) is 0 Å². The van der Waals surface area contributed by atoms with Crippen molar-refractivity contribution in [2.24, 2.45) is 5.92 Å². The normalized spacial score (nSPS) is 15.0. The molecule has 1 N–H and O–H groups in total. The van der Waals surface area contributed by atoms with Crippen molar-refractivity contribution in [2.75, 3.05) is 38.8 Å². The maximum absolute atomic E-state index is 11.1. The van der Waals surface area contributed by atoms with Crippen LogP contribution in [0.2, 0.25) is 0 Å². The van der Waals surface area contributed by atoms with Crippen LogP contribution in [0.4, 0.5) is 11.4 Å². The molecule has 1 aromatic carbocycles. The van der Waals surface area contributed by atoms with E-state index in [0.29, 0.717) is 30.3 Å². The fourth-order valence-corrected chi connectivity index (χ4v) is 2.14. The Bertz CT molecular complexity index is 485. The molecule has 7 nitrogen and oxygen atoms in total. The lowest BCUT2D eigenvalue weighted by atomic mass is 10.00. The summed E-state index contributed by atoms with van der Waals surface area (Å²) in [5, 5.41) is 20.1. The van der Waals surface area contributed by atoms with Gasteiger partial charge >= 0.3 is 0 Å². The predicted molar refractivity (Wildman–Crippen MR) is 69.0 cm³/mol. The van der Waals surface area contributed by atoms with Gasteiger partial charge in [-0.2, -0.15) is 0 Å². The number of methoxy groups -OCH3 is 2. The van der Waals surface area contributed by atoms with Gasteiger partial charge in [-0.05, 0) is 0 Å². The van der Waals surface area contributed by atoms with E-state index >= 15 is 0 Å². The molecule has 0 saturated carbocycles. The van der Waals surface area contributed by atoms with Gasteiger partial charge in [0.25, 0.3) is 5.69 Å². The molecule has 0 unspecified atom stereocenters. The number of aliphatic hydroxyl groups is 1. The Morgan fingerprint density at radius 2 is 1.95 bits per heavy atom.